The van der Waals surface area contributed by atoms with E-state index < -0.39 is 5.54 Å². The molecule has 2 fully saturated rings. The van der Waals surface area contributed by atoms with Crippen molar-refractivity contribution in [3.05, 3.63) is 0 Å². The molecule has 0 aromatic rings. The molecule has 3 unspecified atom stereocenters. The zero-order valence-electron chi connectivity index (χ0n) is 12.2. The fourth-order valence-electron chi connectivity index (χ4n) is 3.39. The van der Waals surface area contributed by atoms with Crippen LogP contribution in [0.25, 0.3) is 0 Å². The number of nitrogens with two attached hydrogens (primary N) is 1. The van der Waals surface area contributed by atoms with Crippen molar-refractivity contribution in [3.8, 4) is 0 Å². The minimum atomic E-state index is -0.645. The SMILES string of the molecule is CCNC(C)(CN1CCOC2CCCCC21)C(N)=O. The molecule has 5 nitrogen and oxygen atoms in total. The van der Waals surface area contributed by atoms with Crippen molar-refractivity contribution in [2.24, 2.45) is 5.73 Å². The number of nitrogens with zero attached hydrogens (tertiary/aromatic N) is 1. The summed E-state index contributed by atoms with van der Waals surface area (Å²) in [5, 5.41) is 3.24. The van der Waals surface area contributed by atoms with Crippen LogP contribution in [0.1, 0.15) is 39.5 Å². The number of amides is 1. The van der Waals surface area contributed by atoms with Gasteiger partial charge in [0.25, 0.3) is 0 Å². The van der Waals surface area contributed by atoms with E-state index in [1.807, 2.05) is 13.8 Å². The molecule has 0 aromatic carbocycles. The maximum atomic E-state index is 11.7. The monoisotopic (exact) mass is 269 g/mol. The average Bonchev–Trinajstić information content (AvgIpc) is 2.39. The molecule has 0 radical (unpaired) electrons. The predicted molar refractivity (Wildman–Crippen MR) is 74.8 cm³/mol. The van der Waals surface area contributed by atoms with Gasteiger partial charge in [-0.05, 0) is 26.3 Å². The Hall–Kier alpha value is -0.650. The maximum absolute atomic E-state index is 11.7. The van der Waals surface area contributed by atoms with E-state index in [2.05, 4.69) is 10.2 Å². The van der Waals surface area contributed by atoms with Crippen molar-refractivity contribution in [1.82, 2.24) is 10.2 Å². The largest absolute Gasteiger partial charge is 0.375 e. The third kappa shape index (κ3) is 3.27. The number of likely N-dealkylation sites (N-methyl/N-ethyl adjacent to an activating group) is 1. The van der Waals surface area contributed by atoms with Crippen LogP contribution in [-0.2, 0) is 9.53 Å². The van der Waals surface area contributed by atoms with E-state index in [4.69, 9.17) is 10.5 Å². The summed E-state index contributed by atoms with van der Waals surface area (Å²) in [6.45, 7) is 7.01. The van der Waals surface area contributed by atoms with Crippen LogP contribution in [0, 0.1) is 0 Å². The first-order valence-corrected chi connectivity index (χ1v) is 7.47. The first-order chi connectivity index (χ1) is 9.07. The first kappa shape index (κ1) is 14.8. The molecule has 2 aliphatic rings. The van der Waals surface area contributed by atoms with Crippen molar-refractivity contribution < 1.29 is 9.53 Å². The lowest BCUT2D eigenvalue weighted by atomic mass is 9.88. The Kier molecular flexibility index (Phi) is 4.81. The van der Waals surface area contributed by atoms with Crippen LogP contribution in [0.15, 0.2) is 0 Å². The molecule has 3 atom stereocenters. The Balaban J connectivity index is 2.04. The van der Waals surface area contributed by atoms with E-state index in [1.54, 1.807) is 0 Å². The van der Waals surface area contributed by atoms with Gasteiger partial charge in [0, 0.05) is 19.1 Å². The van der Waals surface area contributed by atoms with Gasteiger partial charge in [0.2, 0.25) is 5.91 Å². The summed E-state index contributed by atoms with van der Waals surface area (Å²) in [7, 11) is 0. The van der Waals surface area contributed by atoms with Gasteiger partial charge in [0.05, 0.1) is 12.7 Å². The molecule has 0 aromatic heterocycles. The maximum Gasteiger partial charge on any atom is 0.238 e. The molecule has 3 N–H and O–H groups in total. The molecule has 5 heteroatoms. The number of rotatable bonds is 5. The Morgan fingerprint density at radius 3 is 2.89 bits per heavy atom. The summed E-state index contributed by atoms with van der Waals surface area (Å²) in [4.78, 5) is 14.2. The van der Waals surface area contributed by atoms with Crippen LogP contribution >= 0.6 is 0 Å². The van der Waals surface area contributed by atoms with Gasteiger partial charge in [-0.2, -0.15) is 0 Å². The van der Waals surface area contributed by atoms with Crippen LogP contribution in [0.4, 0.5) is 0 Å². The van der Waals surface area contributed by atoms with Crippen LogP contribution in [0.2, 0.25) is 0 Å². The van der Waals surface area contributed by atoms with E-state index >= 15 is 0 Å². The Labute approximate surface area is 115 Å². The molecule has 1 heterocycles. The van der Waals surface area contributed by atoms with E-state index in [9.17, 15) is 4.79 Å². The van der Waals surface area contributed by atoms with E-state index in [1.165, 1.54) is 19.3 Å². The van der Waals surface area contributed by atoms with E-state index in [-0.39, 0.29) is 5.91 Å². The number of nitrogens with one attached hydrogen (secondary N) is 1. The van der Waals surface area contributed by atoms with Gasteiger partial charge in [-0.3, -0.25) is 9.69 Å². The summed E-state index contributed by atoms with van der Waals surface area (Å²) in [5.74, 6) is -0.270. The molecule has 1 saturated heterocycles. The molecule has 1 aliphatic heterocycles. The zero-order valence-corrected chi connectivity index (χ0v) is 12.2. The second-order valence-electron chi connectivity index (χ2n) is 5.96. The number of carbonyl (C=O) groups excluding carboxylic acids is 1. The van der Waals surface area contributed by atoms with Gasteiger partial charge in [-0.1, -0.05) is 19.8 Å². The van der Waals surface area contributed by atoms with Crippen molar-refractivity contribution >= 4 is 5.91 Å². The van der Waals surface area contributed by atoms with Crippen molar-refractivity contribution in [1.29, 1.82) is 0 Å². The second kappa shape index (κ2) is 6.20. The molecule has 2 rings (SSSR count). The van der Waals surface area contributed by atoms with Crippen LogP contribution < -0.4 is 11.1 Å². The molecular weight excluding hydrogens is 242 g/mol. The lowest BCUT2D eigenvalue weighted by molar-refractivity contribution is -0.128. The van der Waals surface area contributed by atoms with Gasteiger partial charge >= 0.3 is 0 Å². The number of fused-ring (bicyclic) bond motifs is 1. The number of carbonyl (C=O) groups is 1. The number of hydrogen-bond acceptors (Lipinski definition) is 4. The fourth-order valence-corrected chi connectivity index (χ4v) is 3.39. The summed E-state index contributed by atoms with van der Waals surface area (Å²) in [6.07, 6.45) is 5.19. The first-order valence-electron chi connectivity index (χ1n) is 7.47. The summed E-state index contributed by atoms with van der Waals surface area (Å²) < 4.78 is 5.87. The second-order valence-corrected chi connectivity index (χ2v) is 5.96. The summed E-state index contributed by atoms with van der Waals surface area (Å²) in [5.41, 5.74) is 4.94. The van der Waals surface area contributed by atoms with E-state index in [0.29, 0.717) is 18.7 Å². The summed E-state index contributed by atoms with van der Waals surface area (Å²) >= 11 is 0. The van der Waals surface area contributed by atoms with Gasteiger partial charge in [0.15, 0.2) is 0 Å². The number of ether oxygens (including phenoxy) is 1. The molecule has 1 saturated carbocycles. The molecule has 0 bridgehead atoms. The van der Waals surface area contributed by atoms with Gasteiger partial charge in [0.1, 0.15) is 5.54 Å². The predicted octanol–water partition coefficient (Wildman–Crippen LogP) is 0.483. The topological polar surface area (TPSA) is 67.6 Å². The Morgan fingerprint density at radius 1 is 1.47 bits per heavy atom. The minimum Gasteiger partial charge on any atom is -0.375 e. The molecular formula is C14H27N3O2. The Bertz CT molecular complexity index is 322. The average molecular weight is 269 g/mol. The highest BCUT2D eigenvalue weighted by Crippen LogP contribution is 2.29. The lowest BCUT2D eigenvalue weighted by Gasteiger charge is -2.46. The smallest absolute Gasteiger partial charge is 0.238 e. The van der Waals surface area contributed by atoms with Gasteiger partial charge in [-0.15, -0.1) is 0 Å². The van der Waals surface area contributed by atoms with Gasteiger partial charge in [-0.25, -0.2) is 0 Å². The number of primary amides is 1. The highest BCUT2D eigenvalue weighted by molar-refractivity contribution is 5.84. The van der Waals surface area contributed by atoms with Crippen molar-refractivity contribution in [2.45, 2.75) is 57.2 Å². The lowest BCUT2D eigenvalue weighted by Crippen LogP contribution is -2.64. The van der Waals surface area contributed by atoms with Crippen molar-refractivity contribution in [3.63, 3.8) is 0 Å². The molecule has 19 heavy (non-hydrogen) atoms. The minimum absolute atomic E-state index is 0.270. The highest BCUT2D eigenvalue weighted by atomic mass is 16.5. The normalized spacial score (nSPS) is 31.5. The number of hydrogen-bond donors (Lipinski definition) is 2. The third-order valence-corrected chi connectivity index (χ3v) is 4.48. The standard InChI is InChI=1S/C14H27N3O2/c1-3-16-14(2,13(15)18)10-17-8-9-19-12-7-5-4-6-11(12)17/h11-12,16H,3-10H2,1-2H3,(H2,15,18). The molecule has 1 aliphatic carbocycles. The molecule has 0 spiro atoms. The van der Waals surface area contributed by atoms with Crippen LogP contribution in [-0.4, -0.2) is 54.7 Å². The van der Waals surface area contributed by atoms with Crippen LogP contribution in [0.3, 0.4) is 0 Å². The van der Waals surface area contributed by atoms with E-state index in [0.717, 1.165) is 26.1 Å². The zero-order chi connectivity index (χ0) is 13.9. The fraction of sp³-hybridized carbons (Fsp3) is 0.929. The number of morpholine rings is 1. The molecule has 110 valence electrons. The van der Waals surface area contributed by atoms with Crippen molar-refractivity contribution in [2.75, 3.05) is 26.2 Å². The quantitative estimate of drug-likeness (QED) is 0.762. The summed E-state index contributed by atoms with van der Waals surface area (Å²) in [6, 6.07) is 0.458. The highest BCUT2D eigenvalue weighted by Gasteiger charge is 2.39. The molecule has 1 amide bonds. The Morgan fingerprint density at radius 2 is 2.21 bits per heavy atom. The van der Waals surface area contributed by atoms with Gasteiger partial charge < -0.3 is 15.8 Å². The third-order valence-electron chi connectivity index (χ3n) is 4.48. The van der Waals surface area contributed by atoms with Crippen LogP contribution in [0.5, 0.6) is 0 Å².